The largest absolute Gasteiger partial charge is 0.275 e. The Morgan fingerprint density at radius 2 is 1.83 bits per heavy atom. The molecule has 2 rings (SSSR count). The van der Waals surface area contributed by atoms with E-state index < -0.39 is 8.07 Å². The van der Waals surface area contributed by atoms with Crippen LogP contribution in [-0.2, 0) is 7.05 Å². The second-order valence-corrected chi connectivity index (χ2v) is 9.92. The molecule has 0 aliphatic rings. The molecule has 0 saturated carbocycles. The highest BCUT2D eigenvalue weighted by atomic mass is 28.3. The minimum atomic E-state index is -1.35. The first kappa shape index (κ1) is 12.5. The van der Waals surface area contributed by atoms with Crippen molar-refractivity contribution in [2.24, 2.45) is 7.05 Å². The molecule has 0 spiro atoms. The van der Waals surface area contributed by atoms with Crippen molar-refractivity contribution in [3.05, 3.63) is 30.2 Å². The maximum Gasteiger partial charge on any atom is 0.180 e. The lowest BCUT2D eigenvalue weighted by atomic mass is 10.3. The second-order valence-electron chi connectivity index (χ2n) is 5.17. The third-order valence-corrected chi connectivity index (χ3v) is 3.05. The van der Waals surface area contributed by atoms with Crippen LogP contribution in [0, 0.1) is 11.5 Å². The average Bonchev–Trinajstić information content (AvgIpc) is 2.73. The minimum absolute atomic E-state index is 0.633. The van der Waals surface area contributed by atoms with Crippen LogP contribution in [-0.4, -0.2) is 27.8 Å². The standard InChI is InChI=1S/C13H16N4Si/c1-17-7-5-12(16-17)13-14-9-11(10-15-13)6-8-18(2,3)4/h5,7,9-10H,1-4H3. The van der Waals surface area contributed by atoms with E-state index in [1.807, 2.05) is 19.3 Å². The lowest BCUT2D eigenvalue weighted by molar-refractivity contribution is 0.768. The fourth-order valence-electron chi connectivity index (χ4n) is 1.32. The molecule has 2 heterocycles. The molecule has 0 aliphatic carbocycles. The van der Waals surface area contributed by atoms with E-state index >= 15 is 0 Å². The quantitative estimate of drug-likeness (QED) is 0.580. The maximum absolute atomic E-state index is 4.29. The first-order valence-corrected chi connectivity index (χ1v) is 9.29. The van der Waals surface area contributed by atoms with Crippen LogP contribution in [0.2, 0.25) is 19.6 Å². The highest BCUT2D eigenvalue weighted by Crippen LogP contribution is 2.10. The summed E-state index contributed by atoms with van der Waals surface area (Å²) in [5.74, 6) is 3.76. The van der Waals surface area contributed by atoms with Crippen LogP contribution >= 0.6 is 0 Å². The Labute approximate surface area is 108 Å². The van der Waals surface area contributed by atoms with Gasteiger partial charge in [-0.3, -0.25) is 4.68 Å². The number of hydrogen-bond acceptors (Lipinski definition) is 3. The van der Waals surface area contributed by atoms with Crippen molar-refractivity contribution in [3.63, 3.8) is 0 Å². The van der Waals surface area contributed by atoms with Gasteiger partial charge in [-0.05, 0) is 6.07 Å². The van der Waals surface area contributed by atoms with Crippen molar-refractivity contribution < 1.29 is 0 Å². The van der Waals surface area contributed by atoms with E-state index in [2.05, 4.69) is 46.2 Å². The van der Waals surface area contributed by atoms with Gasteiger partial charge in [0.1, 0.15) is 13.8 Å². The molecule has 0 radical (unpaired) electrons. The van der Waals surface area contributed by atoms with Crippen LogP contribution < -0.4 is 0 Å². The van der Waals surface area contributed by atoms with Crippen molar-refractivity contribution in [1.82, 2.24) is 19.7 Å². The molecule has 4 nitrogen and oxygen atoms in total. The zero-order chi connectivity index (χ0) is 13.2. The lowest BCUT2D eigenvalue weighted by Gasteiger charge is -2.03. The van der Waals surface area contributed by atoms with Crippen molar-refractivity contribution in [2.75, 3.05) is 0 Å². The molecule has 0 unspecified atom stereocenters. The van der Waals surface area contributed by atoms with Crippen LogP contribution in [0.5, 0.6) is 0 Å². The lowest BCUT2D eigenvalue weighted by Crippen LogP contribution is -2.16. The Morgan fingerprint density at radius 3 is 2.33 bits per heavy atom. The number of aryl methyl sites for hydroxylation is 1. The van der Waals surface area contributed by atoms with E-state index in [4.69, 9.17) is 0 Å². The van der Waals surface area contributed by atoms with E-state index in [1.54, 1.807) is 17.1 Å². The highest BCUT2D eigenvalue weighted by molar-refractivity contribution is 6.83. The van der Waals surface area contributed by atoms with Crippen LogP contribution in [0.25, 0.3) is 11.5 Å². The highest BCUT2D eigenvalue weighted by Gasteiger charge is 2.08. The predicted molar refractivity (Wildman–Crippen MR) is 74.5 cm³/mol. The summed E-state index contributed by atoms with van der Waals surface area (Å²) in [6.45, 7) is 6.63. The maximum atomic E-state index is 4.29. The Kier molecular flexibility index (Phi) is 3.30. The Hall–Kier alpha value is -1.93. The van der Waals surface area contributed by atoms with Gasteiger partial charge in [-0.25, -0.2) is 9.97 Å². The molecule has 0 amide bonds. The van der Waals surface area contributed by atoms with Gasteiger partial charge in [0.15, 0.2) is 5.82 Å². The molecular formula is C13H16N4Si. The molecule has 0 bridgehead atoms. The monoisotopic (exact) mass is 256 g/mol. The van der Waals surface area contributed by atoms with Crippen LogP contribution in [0.15, 0.2) is 24.7 Å². The van der Waals surface area contributed by atoms with Gasteiger partial charge in [-0.15, -0.1) is 5.54 Å². The first-order valence-electron chi connectivity index (χ1n) is 5.79. The van der Waals surface area contributed by atoms with Gasteiger partial charge in [0.05, 0.1) is 5.56 Å². The Morgan fingerprint density at radius 1 is 1.17 bits per heavy atom. The number of aromatic nitrogens is 4. The summed E-state index contributed by atoms with van der Waals surface area (Å²) >= 11 is 0. The summed E-state index contributed by atoms with van der Waals surface area (Å²) in [4.78, 5) is 8.58. The molecule has 0 N–H and O–H groups in total. The molecule has 0 fully saturated rings. The zero-order valence-electron chi connectivity index (χ0n) is 11.1. The van der Waals surface area contributed by atoms with Gasteiger partial charge in [-0.1, -0.05) is 25.6 Å². The van der Waals surface area contributed by atoms with E-state index in [9.17, 15) is 0 Å². The average molecular weight is 256 g/mol. The normalized spacial score (nSPS) is 10.9. The summed E-state index contributed by atoms with van der Waals surface area (Å²) in [6, 6.07) is 1.89. The number of hydrogen-bond donors (Lipinski definition) is 0. The van der Waals surface area contributed by atoms with Gasteiger partial charge in [0.25, 0.3) is 0 Å². The van der Waals surface area contributed by atoms with Crippen LogP contribution in [0.1, 0.15) is 5.56 Å². The fraction of sp³-hybridized carbons (Fsp3) is 0.308. The predicted octanol–water partition coefficient (Wildman–Crippen LogP) is 2.11. The number of nitrogens with zero attached hydrogens (tertiary/aromatic N) is 4. The van der Waals surface area contributed by atoms with Crippen molar-refractivity contribution in [3.8, 4) is 23.0 Å². The van der Waals surface area contributed by atoms with E-state index in [1.165, 1.54) is 0 Å². The number of rotatable bonds is 1. The van der Waals surface area contributed by atoms with Crippen molar-refractivity contribution in [1.29, 1.82) is 0 Å². The van der Waals surface area contributed by atoms with E-state index in [0.717, 1.165) is 11.3 Å². The summed E-state index contributed by atoms with van der Waals surface area (Å²) in [6.07, 6.45) is 5.38. The Balaban J connectivity index is 2.22. The second kappa shape index (κ2) is 4.74. The van der Waals surface area contributed by atoms with E-state index in [-0.39, 0.29) is 0 Å². The summed E-state index contributed by atoms with van der Waals surface area (Å²) in [5.41, 5.74) is 4.93. The SMILES string of the molecule is Cn1ccc(-c2ncc(C#C[Si](C)(C)C)cn2)n1. The third-order valence-electron chi connectivity index (χ3n) is 2.18. The molecule has 2 aromatic rings. The topological polar surface area (TPSA) is 43.6 Å². The molecule has 0 aromatic carbocycles. The fourth-order valence-corrected chi connectivity index (χ4v) is 1.84. The van der Waals surface area contributed by atoms with Gasteiger partial charge in [-0.2, -0.15) is 5.10 Å². The van der Waals surface area contributed by atoms with Gasteiger partial charge in [0, 0.05) is 25.6 Å². The summed E-state index contributed by atoms with van der Waals surface area (Å²) in [5, 5.41) is 4.26. The molecule has 92 valence electrons. The molecule has 0 aliphatic heterocycles. The third kappa shape index (κ3) is 3.28. The van der Waals surface area contributed by atoms with Crippen molar-refractivity contribution >= 4 is 8.07 Å². The Bertz CT molecular complexity index is 596. The summed E-state index contributed by atoms with van der Waals surface area (Å²) in [7, 11) is 0.526. The van der Waals surface area contributed by atoms with Gasteiger partial charge in [0.2, 0.25) is 0 Å². The van der Waals surface area contributed by atoms with E-state index in [0.29, 0.717) is 5.82 Å². The van der Waals surface area contributed by atoms with Crippen LogP contribution in [0.4, 0.5) is 0 Å². The minimum Gasteiger partial charge on any atom is -0.275 e. The summed E-state index contributed by atoms with van der Waals surface area (Å²) < 4.78 is 1.73. The molecule has 2 aromatic heterocycles. The molecular weight excluding hydrogens is 240 g/mol. The van der Waals surface area contributed by atoms with Crippen LogP contribution in [0.3, 0.4) is 0 Å². The molecule has 5 heteroatoms. The zero-order valence-corrected chi connectivity index (χ0v) is 12.1. The molecule has 0 atom stereocenters. The van der Waals surface area contributed by atoms with Crippen molar-refractivity contribution in [2.45, 2.75) is 19.6 Å². The smallest absolute Gasteiger partial charge is 0.180 e. The molecule has 18 heavy (non-hydrogen) atoms. The van der Waals surface area contributed by atoms with Gasteiger partial charge < -0.3 is 0 Å². The first-order chi connectivity index (χ1) is 8.44. The van der Waals surface area contributed by atoms with Gasteiger partial charge >= 0.3 is 0 Å². The molecule has 0 saturated heterocycles.